The number of hydrogen-bond donors (Lipinski definition) is 2. The highest BCUT2D eigenvalue weighted by Crippen LogP contribution is 2.50. The van der Waals surface area contributed by atoms with Crippen molar-refractivity contribution < 1.29 is 42.1 Å². The number of esters is 1. The number of halogens is 2. The molecule has 0 radical (unpaired) electrons. The highest BCUT2D eigenvalue weighted by molar-refractivity contribution is 7.58. The normalized spacial score (nSPS) is 16.9. The summed E-state index contributed by atoms with van der Waals surface area (Å²) < 4.78 is 59.1. The average molecular weight is 742 g/mol. The molecule has 2 atom stereocenters. The van der Waals surface area contributed by atoms with Crippen molar-refractivity contribution >= 4 is 31.5 Å². The van der Waals surface area contributed by atoms with Crippen LogP contribution in [0.1, 0.15) is 79.8 Å². The maximum atomic E-state index is 14.6. The number of nitrogens with one attached hydrogen (secondary N) is 1. The highest BCUT2D eigenvalue weighted by atomic mass is 31.2. The van der Waals surface area contributed by atoms with Crippen LogP contribution in [0.2, 0.25) is 0 Å². The molecule has 2 N–H and O–H groups in total. The minimum Gasteiger partial charge on any atom is -0.502 e. The average Bonchev–Trinajstić information content (AvgIpc) is 3.58. The van der Waals surface area contributed by atoms with Gasteiger partial charge in [-0.3, -0.25) is 33.4 Å². The van der Waals surface area contributed by atoms with E-state index in [0.29, 0.717) is 18.9 Å². The number of aromatic hydroxyl groups is 1. The summed E-state index contributed by atoms with van der Waals surface area (Å²) in [5.41, 5.74) is -3.10. The Morgan fingerprint density at radius 3 is 2.42 bits per heavy atom. The Labute approximate surface area is 299 Å². The Morgan fingerprint density at radius 2 is 1.79 bits per heavy atom. The Hall–Kier alpha value is -5.04. The first-order valence-corrected chi connectivity index (χ1v) is 18.9. The van der Waals surface area contributed by atoms with E-state index in [2.05, 4.69) is 10.1 Å². The van der Waals surface area contributed by atoms with E-state index in [9.17, 15) is 37.6 Å². The maximum absolute atomic E-state index is 14.6. The van der Waals surface area contributed by atoms with Crippen LogP contribution in [-0.2, 0) is 20.6 Å². The Balaban J connectivity index is 1.55. The van der Waals surface area contributed by atoms with Gasteiger partial charge in [0, 0.05) is 43.7 Å². The third-order valence-electron chi connectivity index (χ3n) is 9.05. The van der Waals surface area contributed by atoms with Crippen LogP contribution >= 0.6 is 7.52 Å². The lowest BCUT2D eigenvalue weighted by Crippen LogP contribution is -2.70. The number of ether oxygens (including phenoxy) is 1. The van der Waals surface area contributed by atoms with Crippen LogP contribution in [-0.4, -0.2) is 69.7 Å². The number of amides is 2. The molecule has 16 heteroatoms. The van der Waals surface area contributed by atoms with Gasteiger partial charge in [-0.25, -0.2) is 13.5 Å². The highest BCUT2D eigenvalue weighted by Gasteiger charge is 2.52. The molecule has 2 aromatic carbocycles. The Bertz CT molecular complexity index is 1970. The minimum absolute atomic E-state index is 0.0427. The number of carbonyl (C=O) groups excluding carboxylic acids is 3. The molecule has 3 aromatic rings. The zero-order valence-electron chi connectivity index (χ0n) is 29.4. The zero-order chi connectivity index (χ0) is 37.8. The monoisotopic (exact) mass is 741 g/mol. The van der Waals surface area contributed by atoms with Crippen molar-refractivity contribution in [1.29, 1.82) is 0 Å². The number of rotatable bonds is 13. The molecule has 1 aromatic heterocycles. The van der Waals surface area contributed by atoms with E-state index in [0.717, 1.165) is 31.2 Å². The third-order valence-corrected chi connectivity index (χ3v) is 10.8. The standard InChI is InChI=1S/C36H42F2N5O8P/c1-5-41-34(47)30-32(45)31(44)28(33(46)39-21-25-13-14-26(37)19-29(25)38)22-42(30)43(36(41)15-9-10-16-36)17-18-52(49,51-27-11-7-6-8-12-27)40-20-24(4)35(48)50-23(2)3/h6-8,11-14,19-20,22-24,45H,5,9-10,15-18,21H2,1-4H3,(H,39,46). The molecule has 2 unspecified atom stereocenters. The molecular weight excluding hydrogens is 699 g/mol. The van der Waals surface area contributed by atoms with E-state index in [1.807, 2.05) is 0 Å². The number of carbonyl (C=O) groups is 3. The molecule has 1 spiro atoms. The van der Waals surface area contributed by atoms with Crippen molar-refractivity contribution in [2.45, 2.75) is 71.7 Å². The van der Waals surface area contributed by atoms with Gasteiger partial charge < -0.3 is 24.6 Å². The number of benzene rings is 2. The van der Waals surface area contributed by atoms with Crippen LogP contribution in [0.4, 0.5) is 8.78 Å². The van der Waals surface area contributed by atoms with Gasteiger partial charge in [-0.2, -0.15) is 0 Å². The number of nitrogens with zero attached hydrogens (tertiary/aromatic N) is 4. The van der Waals surface area contributed by atoms with Gasteiger partial charge in [0.1, 0.15) is 28.6 Å². The molecule has 52 heavy (non-hydrogen) atoms. The van der Waals surface area contributed by atoms with E-state index in [4.69, 9.17) is 9.26 Å². The lowest BCUT2D eigenvalue weighted by atomic mass is 10.0. The summed E-state index contributed by atoms with van der Waals surface area (Å²) in [6.07, 6.45) is 4.14. The predicted octanol–water partition coefficient (Wildman–Crippen LogP) is 5.38. The first kappa shape index (κ1) is 38.2. The number of pyridine rings is 1. The van der Waals surface area contributed by atoms with Crippen LogP contribution in [0.25, 0.3) is 0 Å². The lowest BCUT2D eigenvalue weighted by molar-refractivity contribution is -0.149. The van der Waals surface area contributed by atoms with E-state index in [-0.39, 0.29) is 36.7 Å². The van der Waals surface area contributed by atoms with Gasteiger partial charge in [0.15, 0.2) is 11.4 Å². The maximum Gasteiger partial charge on any atom is 0.363 e. The number of aromatic nitrogens is 1. The molecule has 1 aliphatic heterocycles. The second kappa shape index (κ2) is 15.7. The van der Waals surface area contributed by atoms with Gasteiger partial charge >= 0.3 is 13.5 Å². The number of para-hydroxylation sites is 1. The summed E-state index contributed by atoms with van der Waals surface area (Å²) in [5.74, 6) is -5.44. The molecule has 13 nitrogen and oxygen atoms in total. The molecule has 2 amide bonds. The summed E-state index contributed by atoms with van der Waals surface area (Å²) >= 11 is 0. The van der Waals surface area contributed by atoms with Crippen molar-refractivity contribution in [1.82, 2.24) is 14.9 Å². The van der Waals surface area contributed by atoms with Crippen molar-refractivity contribution in [2.24, 2.45) is 10.7 Å². The van der Waals surface area contributed by atoms with Gasteiger partial charge in [0.2, 0.25) is 5.43 Å². The second-order valence-electron chi connectivity index (χ2n) is 13.0. The van der Waals surface area contributed by atoms with Gasteiger partial charge in [0.05, 0.1) is 18.2 Å². The van der Waals surface area contributed by atoms with Crippen LogP contribution in [0, 0.1) is 17.6 Å². The first-order valence-electron chi connectivity index (χ1n) is 17.1. The molecule has 2 aliphatic rings. The van der Waals surface area contributed by atoms with Crippen LogP contribution in [0.3, 0.4) is 0 Å². The van der Waals surface area contributed by atoms with E-state index in [1.54, 1.807) is 67.9 Å². The van der Waals surface area contributed by atoms with Crippen molar-refractivity contribution in [3.63, 3.8) is 0 Å². The number of fused-ring (bicyclic) bond motifs is 1. The summed E-state index contributed by atoms with van der Waals surface area (Å²) in [4.78, 5) is 54.9. The van der Waals surface area contributed by atoms with Gasteiger partial charge in [-0.05, 0) is 71.6 Å². The quantitative estimate of drug-likeness (QED) is 0.133. The van der Waals surface area contributed by atoms with Gasteiger partial charge in [-0.1, -0.05) is 24.3 Å². The van der Waals surface area contributed by atoms with E-state index < -0.39 is 77.5 Å². The molecule has 278 valence electrons. The molecule has 1 aliphatic carbocycles. The SMILES string of the molecule is CCN1C(=O)c2c(O)c(=O)c(C(=O)NCc3ccc(F)cc3F)cn2N(CCP(=O)(N=CC(C)C(=O)OC(C)C)Oc2ccccc2)C12CCCC2. The molecule has 5 rings (SSSR count). The van der Waals surface area contributed by atoms with E-state index in [1.165, 1.54) is 10.9 Å². The molecule has 0 saturated heterocycles. The fraction of sp³-hybridized carbons (Fsp3) is 0.417. The molecule has 1 fully saturated rings. The smallest absolute Gasteiger partial charge is 0.363 e. The summed E-state index contributed by atoms with van der Waals surface area (Å²) in [6, 6.07) is 11.2. The third kappa shape index (κ3) is 7.89. The lowest BCUT2D eigenvalue weighted by Gasteiger charge is -2.54. The van der Waals surface area contributed by atoms with Crippen molar-refractivity contribution in [3.05, 3.63) is 93.4 Å². The first-order chi connectivity index (χ1) is 24.7. The van der Waals surface area contributed by atoms with Crippen LogP contribution < -0.4 is 20.3 Å². The number of hydrogen-bond acceptors (Lipinski definition) is 9. The Morgan fingerprint density at radius 1 is 1.10 bits per heavy atom. The van der Waals surface area contributed by atoms with E-state index >= 15 is 0 Å². The topological polar surface area (TPSA) is 160 Å². The fourth-order valence-corrected chi connectivity index (χ4v) is 8.10. The summed E-state index contributed by atoms with van der Waals surface area (Å²) in [5, 5.41) is 15.3. The fourth-order valence-electron chi connectivity index (χ4n) is 6.55. The van der Waals surface area contributed by atoms with Crippen LogP contribution in [0.15, 0.2) is 64.3 Å². The van der Waals surface area contributed by atoms with Crippen LogP contribution in [0.5, 0.6) is 11.5 Å². The molecule has 0 bridgehead atoms. The largest absolute Gasteiger partial charge is 0.502 e. The van der Waals surface area contributed by atoms with Crippen molar-refractivity contribution in [3.8, 4) is 11.5 Å². The van der Waals surface area contributed by atoms with Gasteiger partial charge in [-0.15, -0.1) is 0 Å². The molecule has 1 saturated carbocycles. The predicted molar refractivity (Wildman–Crippen MR) is 189 cm³/mol. The summed E-state index contributed by atoms with van der Waals surface area (Å²) in [6.45, 7) is 6.43. The molecular formula is C36H42F2N5O8P. The Kier molecular flexibility index (Phi) is 11.5. The minimum atomic E-state index is -4.02. The summed E-state index contributed by atoms with van der Waals surface area (Å²) in [7, 11) is -4.02. The van der Waals surface area contributed by atoms with Crippen molar-refractivity contribution in [2.75, 3.05) is 24.3 Å². The van der Waals surface area contributed by atoms with Gasteiger partial charge in [0.25, 0.3) is 11.8 Å². The molecule has 2 heterocycles. The second-order valence-corrected chi connectivity index (χ2v) is 15.1. The zero-order valence-corrected chi connectivity index (χ0v) is 30.3.